The Bertz CT molecular complexity index is 1740. The van der Waals surface area contributed by atoms with Crippen LogP contribution in [0.5, 0.6) is 17.4 Å². The van der Waals surface area contributed by atoms with Crippen LogP contribution in [0.3, 0.4) is 0 Å². The van der Waals surface area contributed by atoms with Gasteiger partial charge in [0, 0.05) is 0 Å². The van der Waals surface area contributed by atoms with Gasteiger partial charge in [-0.25, -0.2) is 13.7 Å². The summed E-state index contributed by atoms with van der Waals surface area (Å²) in [6.07, 6.45) is 6.86. The molecule has 2 N–H and O–H groups in total. The minimum Gasteiger partial charge on any atom is -0.493 e. The van der Waals surface area contributed by atoms with Gasteiger partial charge in [-0.2, -0.15) is 13.3 Å². The smallest absolute Gasteiger partial charge is 0.399 e. The van der Waals surface area contributed by atoms with Crippen LogP contribution in [0.25, 0.3) is 0 Å². The molecule has 2 aromatic carbocycles. The van der Waals surface area contributed by atoms with Crippen molar-refractivity contribution in [1.29, 1.82) is 0 Å². The first-order chi connectivity index (χ1) is 22.2. The van der Waals surface area contributed by atoms with Crippen molar-refractivity contribution in [1.82, 2.24) is 9.88 Å². The Balaban J connectivity index is 1.40. The highest BCUT2D eigenvalue weighted by atomic mass is 32.2. The summed E-state index contributed by atoms with van der Waals surface area (Å²) in [6.45, 7) is 8.76. The number of nitrogens with zero attached hydrogens (tertiary/aromatic N) is 3. The van der Waals surface area contributed by atoms with Gasteiger partial charge in [-0.15, -0.1) is 0 Å². The average Bonchev–Trinajstić information content (AvgIpc) is 3.79. The number of sulfonamides is 1. The summed E-state index contributed by atoms with van der Waals surface area (Å²) in [6, 6.07) is 10.5. The van der Waals surface area contributed by atoms with Crippen molar-refractivity contribution < 1.29 is 36.0 Å². The number of benzene rings is 2. The Morgan fingerprint density at radius 2 is 1.85 bits per heavy atom. The Morgan fingerprint density at radius 1 is 1.15 bits per heavy atom. The number of anilines is 3. The molecule has 0 spiro atoms. The number of ether oxygens (including phenoxy) is 3. The highest BCUT2D eigenvalue weighted by molar-refractivity contribution is 7.92. The first-order valence-corrected chi connectivity index (χ1v) is 17.5. The quantitative estimate of drug-likeness (QED) is 0.123. The zero-order chi connectivity index (χ0) is 34.1. The number of nitrogens with one attached hydrogen (secondary N) is 2. The highest BCUT2D eigenvalue weighted by Crippen LogP contribution is 2.45. The van der Waals surface area contributed by atoms with Crippen molar-refractivity contribution in [2.24, 2.45) is 13.0 Å². The molecule has 13 heteroatoms. The molecule has 254 valence electrons. The van der Waals surface area contributed by atoms with E-state index in [1.54, 1.807) is 26.2 Å². The zero-order valence-electron chi connectivity index (χ0n) is 27.8. The number of hydrogen-bond donors (Lipinski definition) is 2. The summed E-state index contributed by atoms with van der Waals surface area (Å²) >= 11 is 0. The molecule has 10 nitrogen and oxygen atoms in total. The fraction of sp³-hybridized carbons (Fsp3) is 0.471. The van der Waals surface area contributed by atoms with Gasteiger partial charge in [0.05, 0.1) is 32.2 Å². The summed E-state index contributed by atoms with van der Waals surface area (Å²) in [5.74, 6) is -2.26. The van der Waals surface area contributed by atoms with Crippen molar-refractivity contribution in [3.63, 3.8) is 0 Å². The number of aromatic nitrogens is 2. The van der Waals surface area contributed by atoms with Gasteiger partial charge >= 0.3 is 11.9 Å². The van der Waals surface area contributed by atoms with Crippen molar-refractivity contribution >= 4 is 27.3 Å². The molecule has 2 saturated heterocycles. The van der Waals surface area contributed by atoms with E-state index in [9.17, 15) is 8.42 Å². The van der Waals surface area contributed by atoms with Gasteiger partial charge in [-0.3, -0.25) is 4.72 Å². The summed E-state index contributed by atoms with van der Waals surface area (Å²) in [7, 11) is 1.56. The van der Waals surface area contributed by atoms with Gasteiger partial charge in [-0.05, 0) is 107 Å². The zero-order valence-corrected chi connectivity index (χ0v) is 28.6. The second kappa shape index (κ2) is 13.7. The number of rotatable bonds is 13. The molecule has 3 aromatic rings. The maximum absolute atomic E-state index is 15.5. The summed E-state index contributed by atoms with van der Waals surface area (Å²) in [5, 5.41) is 3.18. The molecule has 5 rings (SSSR count). The monoisotopic (exact) mass is 672 g/mol. The second-order valence-corrected chi connectivity index (χ2v) is 14.4. The van der Waals surface area contributed by atoms with Gasteiger partial charge < -0.3 is 19.1 Å². The van der Waals surface area contributed by atoms with E-state index in [-0.39, 0.29) is 35.5 Å². The molecule has 2 atom stereocenters. The van der Waals surface area contributed by atoms with Crippen molar-refractivity contribution in [2.45, 2.75) is 57.7 Å². The molecule has 2 unspecified atom stereocenters. The van der Waals surface area contributed by atoms with Crippen LogP contribution in [0.2, 0.25) is 0 Å². The highest BCUT2D eigenvalue weighted by Gasteiger charge is 2.42. The third-order valence-corrected chi connectivity index (χ3v) is 9.35. The van der Waals surface area contributed by atoms with E-state index in [0.29, 0.717) is 11.4 Å². The van der Waals surface area contributed by atoms with Crippen LogP contribution in [0.4, 0.5) is 26.1 Å². The molecular formula is C34H44F2N5O5S+. The Labute approximate surface area is 275 Å². The Morgan fingerprint density at radius 3 is 2.51 bits per heavy atom. The lowest BCUT2D eigenvalue weighted by atomic mass is 9.91. The molecule has 2 aliphatic rings. The molecule has 2 fully saturated rings. The van der Waals surface area contributed by atoms with Crippen LogP contribution in [0.15, 0.2) is 54.7 Å². The molecular weight excluding hydrogens is 628 g/mol. The normalized spacial score (nSPS) is 18.9. The lowest BCUT2D eigenvalue weighted by Gasteiger charge is -2.28. The molecule has 1 aromatic heterocycles. The summed E-state index contributed by atoms with van der Waals surface area (Å²) < 4.78 is 76.6. The van der Waals surface area contributed by atoms with Crippen LogP contribution in [0, 0.1) is 12.8 Å². The van der Waals surface area contributed by atoms with E-state index in [1.807, 2.05) is 18.2 Å². The molecule has 0 radical (unpaired) electrons. The van der Waals surface area contributed by atoms with E-state index >= 15 is 8.78 Å². The van der Waals surface area contributed by atoms with Gasteiger partial charge in [0.1, 0.15) is 23.6 Å². The number of allylic oxidation sites excluding steroid dienone is 1. The second-order valence-electron chi connectivity index (χ2n) is 12.7. The fourth-order valence-electron chi connectivity index (χ4n) is 5.85. The number of halogens is 2. The number of aryl methyl sites for hydroxylation is 1. The molecule has 0 amide bonds. The van der Waals surface area contributed by atoms with Gasteiger partial charge in [0.2, 0.25) is 10.0 Å². The molecule has 0 bridgehead atoms. The predicted molar refractivity (Wildman–Crippen MR) is 177 cm³/mol. The maximum Gasteiger partial charge on any atom is 0.399 e. The molecule has 47 heavy (non-hydrogen) atoms. The largest absolute Gasteiger partial charge is 0.493 e. The number of epoxide rings is 1. The topological polar surface area (TPSA) is 109 Å². The number of methoxy groups -OCH3 is 1. The molecule has 2 aliphatic heterocycles. The lowest BCUT2D eigenvalue weighted by molar-refractivity contribution is -0.664. The van der Waals surface area contributed by atoms with Crippen LogP contribution in [-0.2, 0) is 27.7 Å². The number of hydrogen-bond acceptors (Lipinski definition) is 8. The summed E-state index contributed by atoms with van der Waals surface area (Å²) in [4.78, 5) is 6.69. The van der Waals surface area contributed by atoms with E-state index in [2.05, 4.69) is 33.5 Å². The van der Waals surface area contributed by atoms with Crippen molar-refractivity contribution in [3.05, 3.63) is 71.4 Å². The van der Waals surface area contributed by atoms with Crippen LogP contribution in [-0.4, -0.2) is 57.9 Å². The van der Waals surface area contributed by atoms with E-state index in [4.69, 9.17) is 14.2 Å². The van der Waals surface area contributed by atoms with Crippen molar-refractivity contribution in [3.8, 4) is 17.4 Å². The van der Waals surface area contributed by atoms with Crippen LogP contribution < -0.4 is 24.1 Å². The van der Waals surface area contributed by atoms with E-state index in [1.165, 1.54) is 37.4 Å². The van der Waals surface area contributed by atoms with Crippen LogP contribution in [0.1, 0.15) is 55.4 Å². The van der Waals surface area contributed by atoms with Gasteiger partial charge in [0.25, 0.3) is 5.88 Å². The fourth-order valence-corrected chi connectivity index (χ4v) is 6.41. The Kier molecular flexibility index (Phi) is 10.1. The van der Waals surface area contributed by atoms with Crippen LogP contribution >= 0.6 is 0 Å². The first-order valence-electron chi connectivity index (χ1n) is 15.6. The molecule has 0 saturated carbocycles. The summed E-state index contributed by atoms with van der Waals surface area (Å²) in [5.41, 5.74) is 1.44. The SMILES string of the molecule is C=C(C)C(F)(F)c1cnc(Nc2ccc(C3OC3CCC3CCN(C)CC3)cc2OC)[n+](C)c1Oc1cc(C)ccc1NS(C)(=O)=O. The van der Waals surface area contributed by atoms with Gasteiger partial charge in [-0.1, -0.05) is 23.7 Å². The molecule has 3 heterocycles. The van der Waals surface area contributed by atoms with E-state index < -0.39 is 27.1 Å². The minimum atomic E-state index is -3.69. The minimum absolute atomic E-state index is 0.00572. The van der Waals surface area contributed by atoms with E-state index in [0.717, 1.165) is 55.4 Å². The predicted octanol–water partition coefficient (Wildman–Crippen LogP) is 6.36. The number of alkyl halides is 2. The Hall–Kier alpha value is -3.81. The lowest BCUT2D eigenvalue weighted by Crippen LogP contribution is -2.37. The average molecular weight is 673 g/mol. The molecule has 0 aliphatic carbocycles. The standard InChI is InChI=1S/C34H43F2N5O5S/c1-21(2)34(35,36)25-20-37-33(41(5)32(25)46-30-18-22(3)8-11-27(30)39-47(7,42)43)38-26-12-10-24(19-29(26)44-6)31-28(45-31)13-9-23-14-16-40(4)17-15-23/h8,10-12,18-20,23,28,31,39H,1,9,13-17H2,2-7H3/p+1. The number of piperidine rings is 1. The third kappa shape index (κ3) is 8.20. The van der Waals surface area contributed by atoms with Crippen molar-refractivity contribution in [2.75, 3.05) is 43.5 Å². The maximum atomic E-state index is 15.5. The van der Waals surface area contributed by atoms with Gasteiger partial charge in [0.15, 0.2) is 11.5 Å². The number of likely N-dealkylation sites (tertiary alicyclic amines) is 1. The first kappa shape index (κ1) is 34.5. The third-order valence-electron chi connectivity index (χ3n) is 8.76.